The van der Waals surface area contributed by atoms with E-state index in [0.717, 1.165) is 11.3 Å². The largest absolute Gasteiger partial charge is 0.339 e. The number of nitrogens with zero attached hydrogens (tertiary/aromatic N) is 2. The summed E-state index contributed by atoms with van der Waals surface area (Å²) < 4.78 is 27.6. The van der Waals surface area contributed by atoms with Crippen molar-refractivity contribution in [2.45, 2.75) is 18.7 Å². The summed E-state index contributed by atoms with van der Waals surface area (Å²) in [5.41, 5.74) is 2.29. The second-order valence-electron chi connectivity index (χ2n) is 5.81. The van der Waals surface area contributed by atoms with E-state index in [-0.39, 0.29) is 10.7 Å². The molecular weight excluding hydrogens is 372 g/mol. The molecule has 0 aliphatic rings. The van der Waals surface area contributed by atoms with Gasteiger partial charge in [-0.25, -0.2) is 8.42 Å². The number of halogens is 1. The minimum atomic E-state index is -3.73. The van der Waals surface area contributed by atoms with Gasteiger partial charge in [0.15, 0.2) is 11.6 Å². The summed E-state index contributed by atoms with van der Waals surface area (Å²) in [7, 11) is -3.73. The first kappa shape index (κ1) is 18.2. The number of nitrogens with one attached hydrogen (secondary N) is 2. The maximum Gasteiger partial charge on any atom is 0.263 e. The molecule has 1 aromatic heterocycles. The van der Waals surface area contributed by atoms with Crippen molar-refractivity contribution in [3.8, 4) is 0 Å². The van der Waals surface area contributed by atoms with Crippen LogP contribution in [-0.4, -0.2) is 18.6 Å². The van der Waals surface area contributed by atoms with Crippen molar-refractivity contribution in [3.05, 3.63) is 70.7 Å². The number of hydrogen-bond donors (Lipinski definition) is 2. The quantitative estimate of drug-likeness (QED) is 0.681. The van der Waals surface area contributed by atoms with Crippen molar-refractivity contribution < 1.29 is 8.42 Å². The Bertz CT molecular complexity index is 1040. The fourth-order valence-corrected chi connectivity index (χ4v) is 3.87. The number of anilines is 3. The van der Waals surface area contributed by atoms with Crippen molar-refractivity contribution in [3.63, 3.8) is 0 Å². The molecule has 26 heavy (non-hydrogen) atoms. The van der Waals surface area contributed by atoms with Gasteiger partial charge in [0, 0.05) is 10.7 Å². The number of aryl methyl sites for hydroxylation is 2. The molecule has 8 heteroatoms. The highest BCUT2D eigenvalue weighted by atomic mass is 35.5. The van der Waals surface area contributed by atoms with Crippen LogP contribution in [0.4, 0.5) is 17.3 Å². The third-order valence-corrected chi connectivity index (χ3v) is 5.37. The molecular formula is C18H17ClN4O2S. The summed E-state index contributed by atoms with van der Waals surface area (Å²) in [4.78, 5) is 0.223. The second-order valence-corrected chi connectivity index (χ2v) is 7.90. The van der Waals surface area contributed by atoms with Gasteiger partial charge in [0.25, 0.3) is 10.0 Å². The monoisotopic (exact) mass is 388 g/mol. The van der Waals surface area contributed by atoms with E-state index in [1.54, 1.807) is 43.3 Å². The summed E-state index contributed by atoms with van der Waals surface area (Å²) >= 11 is 5.94. The number of hydrogen-bond acceptors (Lipinski definition) is 5. The summed E-state index contributed by atoms with van der Waals surface area (Å²) in [6.07, 6.45) is 0. The van der Waals surface area contributed by atoms with Crippen LogP contribution >= 0.6 is 11.6 Å². The van der Waals surface area contributed by atoms with Gasteiger partial charge >= 0.3 is 0 Å². The van der Waals surface area contributed by atoms with Gasteiger partial charge < -0.3 is 5.32 Å². The Morgan fingerprint density at radius 2 is 1.65 bits per heavy atom. The third kappa shape index (κ3) is 4.30. The lowest BCUT2D eigenvalue weighted by Crippen LogP contribution is -2.15. The number of sulfonamides is 1. The van der Waals surface area contributed by atoms with Crippen LogP contribution < -0.4 is 10.0 Å². The van der Waals surface area contributed by atoms with Crippen molar-refractivity contribution >= 4 is 38.9 Å². The zero-order valence-electron chi connectivity index (χ0n) is 14.2. The van der Waals surface area contributed by atoms with E-state index in [4.69, 9.17) is 11.6 Å². The van der Waals surface area contributed by atoms with Crippen molar-refractivity contribution in [1.82, 2.24) is 10.2 Å². The highest BCUT2D eigenvalue weighted by Gasteiger charge is 2.18. The van der Waals surface area contributed by atoms with Gasteiger partial charge in [-0.2, -0.15) is 0 Å². The molecule has 0 saturated carbocycles. The maximum atomic E-state index is 12.6. The van der Waals surface area contributed by atoms with E-state index in [1.165, 1.54) is 0 Å². The van der Waals surface area contributed by atoms with E-state index in [9.17, 15) is 8.42 Å². The minimum absolute atomic E-state index is 0.141. The molecule has 0 spiro atoms. The van der Waals surface area contributed by atoms with E-state index < -0.39 is 10.0 Å². The molecule has 0 atom stereocenters. The highest BCUT2D eigenvalue weighted by Crippen LogP contribution is 2.21. The predicted molar refractivity (Wildman–Crippen MR) is 103 cm³/mol. The predicted octanol–water partition coefficient (Wildman–Crippen LogP) is 4.29. The highest BCUT2D eigenvalue weighted by molar-refractivity contribution is 7.92. The van der Waals surface area contributed by atoms with Crippen molar-refractivity contribution in [1.29, 1.82) is 0 Å². The van der Waals surface area contributed by atoms with Gasteiger partial charge in [-0.15, -0.1) is 10.2 Å². The molecule has 0 aliphatic carbocycles. The molecule has 0 saturated heterocycles. The second kappa shape index (κ2) is 7.31. The zero-order chi connectivity index (χ0) is 18.7. The Balaban J connectivity index is 1.77. The lowest BCUT2D eigenvalue weighted by atomic mass is 10.2. The first-order valence-corrected chi connectivity index (χ1v) is 9.66. The summed E-state index contributed by atoms with van der Waals surface area (Å²) in [5.74, 6) is 0.615. The van der Waals surface area contributed by atoms with Crippen LogP contribution in [0.15, 0.2) is 59.5 Å². The van der Waals surface area contributed by atoms with Crippen molar-refractivity contribution in [2.75, 3.05) is 10.0 Å². The zero-order valence-corrected chi connectivity index (χ0v) is 15.8. The normalized spacial score (nSPS) is 11.2. The van der Waals surface area contributed by atoms with Gasteiger partial charge in [0.2, 0.25) is 0 Å². The van der Waals surface area contributed by atoms with Crippen LogP contribution in [0, 0.1) is 13.8 Å². The fourth-order valence-electron chi connectivity index (χ4n) is 2.36. The molecule has 0 amide bonds. The molecule has 0 fully saturated rings. The van der Waals surface area contributed by atoms with E-state index in [2.05, 4.69) is 20.2 Å². The number of rotatable bonds is 5. The Morgan fingerprint density at radius 1 is 0.923 bits per heavy atom. The minimum Gasteiger partial charge on any atom is -0.339 e. The fraction of sp³-hybridized carbons (Fsp3) is 0.111. The number of aromatic nitrogens is 2. The van der Waals surface area contributed by atoms with Gasteiger partial charge in [-0.05, 0) is 61.4 Å². The van der Waals surface area contributed by atoms with Crippen LogP contribution in [0.2, 0.25) is 5.02 Å². The molecule has 6 nitrogen and oxygen atoms in total. The molecule has 3 aromatic rings. The first-order valence-electron chi connectivity index (χ1n) is 7.80. The lowest BCUT2D eigenvalue weighted by molar-refractivity contribution is 0.600. The van der Waals surface area contributed by atoms with Gasteiger partial charge in [0.1, 0.15) is 0 Å². The maximum absolute atomic E-state index is 12.6. The Labute approximate surface area is 157 Å². The van der Waals surface area contributed by atoms with Crippen LogP contribution in [-0.2, 0) is 10.0 Å². The standard InChI is InChI=1S/C18H17ClN4O2S/c1-12-6-7-13(2)16(10-12)26(24,25)23-18-9-8-17(21-22-18)20-15-5-3-4-14(19)11-15/h3-11H,1-2H3,(H,20,21)(H,22,23). The topological polar surface area (TPSA) is 84.0 Å². The Kier molecular flexibility index (Phi) is 5.11. The van der Waals surface area contributed by atoms with Crippen LogP contribution in [0.3, 0.4) is 0 Å². The lowest BCUT2D eigenvalue weighted by Gasteiger charge is -2.11. The van der Waals surface area contributed by atoms with E-state index in [1.807, 2.05) is 25.1 Å². The molecule has 3 rings (SSSR count). The molecule has 2 aromatic carbocycles. The van der Waals surface area contributed by atoms with Gasteiger partial charge in [-0.3, -0.25) is 4.72 Å². The van der Waals surface area contributed by atoms with Gasteiger partial charge in [0.05, 0.1) is 4.90 Å². The van der Waals surface area contributed by atoms with Crippen LogP contribution in [0.1, 0.15) is 11.1 Å². The molecule has 1 heterocycles. The molecule has 0 unspecified atom stereocenters. The SMILES string of the molecule is Cc1ccc(C)c(S(=O)(=O)Nc2ccc(Nc3cccc(Cl)c3)nn2)c1. The van der Waals surface area contributed by atoms with Gasteiger partial charge in [-0.1, -0.05) is 29.8 Å². The molecule has 0 radical (unpaired) electrons. The molecule has 134 valence electrons. The summed E-state index contributed by atoms with van der Waals surface area (Å²) in [6.45, 7) is 3.59. The summed E-state index contributed by atoms with van der Waals surface area (Å²) in [6, 6.07) is 15.6. The summed E-state index contributed by atoms with van der Waals surface area (Å²) in [5, 5.41) is 11.6. The number of benzene rings is 2. The van der Waals surface area contributed by atoms with Crippen LogP contribution in [0.25, 0.3) is 0 Å². The van der Waals surface area contributed by atoms with Crippen LogP contribution in [0.5, 0.6) is 0 Å². The van der Waals surface area contributed by atoms with Crippen molar-refractivity contribution in [2.24, 2.45) is 0 Å². The smallest absolute Gasteiger partial charge is 0.263 e. The average Bonchev–Trinajstić information content (AvgIpc) is 2.58. The molecule has 0 bridgehead atoms. The Morgan fingerprint density at radius 3 is 2.35 bits per heavy atom. The molecule has 2 N–H and O–H groups in total. The van der Waals surface area contributed by atoms with E-state index in [0.29, 0.717) is 16.4 Å². The molecule has 0 aliphatic heterocycles. The first-order chi connectivity index (χ1) is 12.3. The third-order valence-electron chi connectivity index (χ3n) is 3.63. The Hall–Kier alpha value is -2.64. The van der Waals surface area contributed by atoms with E-state index >= 15 is 0 Å². The average molecular weight is 389 g/mol.